The molecule has 0 radical (unpaired) electrons. The molecule has 0 fully saturated rings. The predicted molar refractivity (Wildman–Crippen MR) is 95.9 cm³/mol. The van der Waals surface area contributed by atoms with Gasteiger partial charge in [0.15, 0.2) is 0 Å². The molecule has 0 aromatic heterocycles. The van der Waals surface area contributed by atoms with Crippen molar-refractivity contribution in [1.29, 1.82) is 0 Å². The second kappa shape index (κ2) is 9.08. The molecule has 0 spiro atoms. The number of benzene rings is 1. The topological polar surface area (TPSA) is 108 Å². The number of ether oxygens (including phenoxy) is 2. The lowest BCUT2D eigenvalue weighted by Gasteiger charge is -2.23. The molecule has 0 saturated heterocycles. The first kappa shape index (κ1) is 24.8. The molecule has 1 aromatic carbocycles. The van der Waals surface area contributed by atoms with E-state index in [9.17, 15) is 31.2 Å². The number of carbonyl (C=O) groups excluding carboxylic acids is 2. The van der Waals surface area contributed by atoms with Crippen LogP contribution >= 0.6 is 11.6 Å². The molecule has 1 rings (SSSR count). The highest BCUT2D eigenvalue weighted by Crippen LogP contribution is 2.29. The lowest BCUT2D eigenvalue weighted by atomic mass is 10.1. The lowest BCUT2D eigenvalue weighted by molar-refractivity contribution is -0.143. The van der Waals surface area contributed by atoms with Crippen LogP contribution in [-0.4, -0.2) is 44.7 Å². The maximum absolute atomic E-state index is 12.5. The van der Waals surface area contributed by atoms with Gasteiger partial charge in [-0.15, -0.1) is 0 Å². The number of alkyl carbamates (subject to hydrolysis) is 1. The minimum Gasteiger partial charge on any atom is -0.467 e. The van der Waals surface area contributed by atoms with E-state index in [4.69, 9.17) is 16.3 Å². The van der Waals surface area contributed by atoms with Crippen molar-refractivity contribution in [1.82, 2.24) is 5.32 Å². The maximum atomic E-state index is 12.5. The molecule has 164 valence electrons. The zero-order chi connectivity index (χ0) is 22.6. The second-order valence-electron chi connectivity index (χ2n) is 6.66. The van der Waals surface area contributed by atoms with E-state index in [1.165, 1.54) is 0 Å². The van der Waals surface area contributed by atoms with Crippen LogP contribution in [0.5, 0.6) is 5.75 Å². The molecule has 0 bridgehead atoms. The SMILES string of the molecule is COC(=O)C(Cc1cc(OS(=O)(=O)C(F)(F)F)ccc1Cl)NC(=O)OC(C)(C)C. The molecular weight excluding hydrogens is 443 g/mol. The van der Waals surface area contributed by atoms with Crippen LogP contribution in [0.15, 0.2) is 18.2 Å². The van der Waals surface area contributed by atoms with Crippen molar-refractivity contribution in [2.45, 2.75) is 44.3 Å². The molecule has 0 heterocycles. The van der Waals surface area contributed by atoms with Crippen molar-refractivity contribution in [3.8, 4) is 5.75 Å². The molecule has 13 heteroatoms. The Morgan fingerprint density at radius 2 is 1.79 bits per heavy atom. The fourth-order valence-electron chi connectivity index (χ4n) is 1.94. The largest absolute Gasteiger partial charge is 0.534 e. The van der Waals surface area contributed by atoms with Crippen LogP contribution in [0.1, 0.15) is 26.3 Å². The lowest BCUT2D eigenvalue weighted by Crippen LogP contribution is -2.45. The van der Waals surface area contributed by atoms with Crippen molar-refractivity contribution in [2.24, 2.45) is 0 Å². The van der Waals surface area contributed by atoms with Gasteiger partial charge >= 0.3 is 27.7 Å². The summed E-state index contributed by atoms with van der Waals surface area (Å²) in [6.45, 7) is 4.79. The van der Waals surface area contributed by atoms with Crippen molar-refractivity contribution in [2.75, 3.05) is 7.11 Å². The van der Waals surface area contributed by atoms with Crippen molar-refractivity contribution >= 4 is 33.8 Å². The fraction of sp³-hybridized carbons (Fsp3) is 0.500. The third-order valence-electron chi connectivity index (χ3n) is 3.11. The molecule has 8 nitrogen and oxygen atoms in total. The number of rotatable bonds is 6. The summed E-state index contributed by atoms with van der Waals surface area (Å²) in [5.41, 5.74) is -6.46. The van der Waals surface area contributed by atoms with E-state index in [0.29, 0.717) is 0 Å². The number of carbonyl (C=O) groups is 2. The Balaban J connectivity index is 3.11. The number of methoxy groups -OCH3 is 1. The summed E-state index contributed by atoms with van der Waals surface area (Å²) in [5, 5.41) is 2.25. The number of alkyl halides is 3. The van der Waals surface area contributed by atoms with Crippen molar-refractivity contribution in [3.63, 3.8) is 0 Å². The molecule has 1 atom stereocenters. The van der Waals surface area contributed by atoms with Gasteiger partial charge in [-0.1, -0.05) is 11.6 Å². The predicted octanol–water partition coefficient (Wildman–Crippen LogP) is 3.18. The Hall–Kier alpha value is -2.21. The summed E-state index contributed by atoms with van der Waals surface area (Å²) in [5.74, 6) is -1.57. The smallest absolute Gasteiger partial charge is 0.467 e. The van der Waals surface area contributed by atoms with Crippen LogP contribution in [0.3, 0.4) is 0 Å². The van der Waals surface area contributed by atoms with E-state index in [1.54, 1.807) is 20.8 Å². The Morgan fingerprint density at radius 3 is 2.28 bits per heavy atom. The molecule has 1 N–H and O–H groups in total. The summed E-state index contributed by atoms with van der Waals surface area (Å²) in [4.78, 5) is 23.9. The quantitative estimate of drug-likeness (QED) is 0.394. The molecule has 0 aliphatic rings. The maximum Gasteiger partial charge on any atom is 0.534 e. The van der Waals surface area contributed by atoms with Crippen LogP contribution in [0.25, 0.3) is 0 Å². The highest BCUT2D eigenvalue weighted by Gasteiger charge is 2.48. The Bertz CT molecular complexity index is 866. The molecule has 0 saturated carbocycles. The van der Waals surface area contributed by atoms with Crippen LogP contribution in [0.2, 0.25) is 5.02 Å². The number of hydrogen-bond acceptors (Lipinski definition) is 7. The summed E-state index contributed by atoms with van der Waals surface area (Å²) < 4.78 is 73.4. The number of halogens is 4. The van der Waals surface area contributed by atoms with Gasteiger partial charge in [0.05, 0.1) is 7.11 Å². The van der Waals surface area contributed by atoms with Gasteiger partial charge in [0.1, 0.15) is 17.4 Å². The van der Waals surface area contributed by atoms with Gasteiger partial charge in [-0.2, -0.15) is 21.6 Å². The Labute approximate surface area is 170 Å². The standard InChI is InChI=1S/C16H19ClF3NO7S/c1-15(2,3)27-14(23)21-12(13(22)26-4)8-9-7-10(5-6-11(9)17)28-29(24,25)16(18,19)20/h5-7,12H,8H2,1-4H3,(H,21,23). The summed E-state index contributed by atoms with van der Waals surface area (Å²) >= 11 is 5.97. The van der Waals surface area contributed by atoms with Gasteiger partial charge in [0, 0.05) is 11.4 Å². The first-order chi connectivity index (χ1) is 13.1. The van der Waals surface area contributed by atoms with E-state index < -0.39 is 45.1 Å². The van der Waals surface area contributed by atoms with Gasteiger partial charge in [-0.05, 0) is 44.5 Å². The molecule has 29 heavy (non-hydrogen) atoms. The monoisotopic (exact) mass is 461 g/mol. The molecule has 1 aromatic rings. The van der Waals surface area contributed by atoms with E-state index in [0.717, 1.165) is 25.3 Å². The zero-order valence-corrected chi connectivity index (χ0v) is 17.4. The van der Waals surface area contributed by atoms with Crippen LogP contribution in [-0.2, 0) is 30.8 Å². The normalized spacial score (nSPS) is 13.4. The van der Waals surface area contributed by atoms with Gasteiger partial charge in [-0.25, -0.2) is 9.59 Å². The molecule has 1 unspecified atom stereocenters. The summed E-state index contributed by atoms with van der Waals surface area (Å²) in [7, 11) is -4.83. The summed E-state index contributed by atoms with van der Waals surface area (Å²) in [6.07, 6.45) is -1.29. The van der Waals surface area contributed by atoms with Crippen molar-refractivity contribution in [3.05, 3.63) is 28.8 Å². The van der Waals surface area contributed by atoms with Gasteiger partial charge in [-0.3, -0.25) is 0 Å². The number of hydrogen-bond donors (Lipinski definition) is 1. The first-order valence-corrected chi connectivity index (χ1v) is 9.71. The highest BCUT2D eigenvalue weighted by molar-refractivity contribution is 7.88. The van der Waals surface area contributed by atoms with E-state index in [1.807, 2.05) is 0 Å². The van der Waals surface area contributed by atoms with E-state index >= 15 is 0 Å². The molecule has 1 amide bonds. The van der Waals surface area contributed by atoms with Gasteiger partial charge in [0.25, 0.3) is 0 Å². The van der Waals surface area contributed by atoms with Crippen molar-refractivity contribution < 1.29 is 44.8 Å². The van der Waals surface area contributed by atoms with E-state index in [2.05, 4.69) is 14.2 Å². The Morgan fingerprint density at radius 1 is 1.21 bits per heavy atom. The molecule has 0 aliphatic carbocycles. The average molecular weight is 462 g/mol. The van der Waals surface area contributed by atoms with Gasteiger partial charge < -0.3 is 19.0 Å². The number of amides is 1. The van der Waals surface area contributed by atoms with Crippen LogP contribution in [0.4, 0.5) is 18.0 Å². The third kappa shape index (κ3) is 7.61. The minimum atomic E-state index is -5.89. The van der Waals surface area contributed by atoms with Gasteiger partial charge in [0.2, 0.25) is 0 Å². The Kier molecular flexibility index (Phi) is 7.77. The molecular formula is C16H19ClF3NO7S. The van der Waals surface area contributed by atoms with E-state index in [-0.39, 0.29) is 17.0 Å². The highest BCUT2D eigenvalue weighted by atomic mass is 35.5. The third-order valence-corrected chi connectivity index (χ3v) is 4.45. The first-order valence-electron chi connectivity index (χ1n) is 7.92. The molecule has 0 aliphatic heterocycles. The average Bonchev–Trinajstić information content (AvgIpc) is 2.53. The van der Waals surface area contributed by atoms with Crippen LogP contribution < -0.4 is 9.50 Å². The number of esters is 1. The van der Waals surface area contributed by atoms with Crippen LogP contribution in [0, 0.1) is 0 Å². The second-order valence-corrected chi connectivity index (χ2v) is 8.61. The zero-order valence-electron chi connectivity index (χ0n) is 15.8. The fourth-order valence-corrected chi connectivity index (χ4v) is 2.58. The minimum absolute atomic E-state index is 0.0124. The number of nitrogens with one attached hydrogen (secondary N) is 1. The summed E-state index contributed by atoms with van der Waals surface area (Å²) in [6, 6.07) is 1.57.